The maximum absolute atomic E-state index is 12.8. The van der Waals surface area contributed by atoms with Crippen molar-refractivity contribution in [3.63, 3.8) is 0 Å². The van der Waals surface area contributed by atoms with E-state index in [2.05, 4.69) is 10.6 Å². The number of rotatable bonds is 6. The molecule has 2 aromatic carbocycles. The lowest BCUT2D eigenvalue weighted by Crippen LogP contribution is -2.47. The first-order valence-electron chi connectivity index (χ1n) is 8.71. The molecule has 0 bridgehead atoms. The summed E-state index contributed by atoms with van der Waals surface area (Å²) in [5.74, 6) is -0.188. The molecular formula is C21H22N2O3S. The first-order chi connectivity index (χ1) is 13.0. The number of thiophene rings is 1. The van der Waals surface area contributed by atoms with Crippen LogP contribution in [-0.2, 0) is 4.79 Å². The van der Waals surface area contributed by atoms with Crippen molar-refractivity contribution in [2.24, 2.45) is 5.92 Å². The van der Waals surface area contributed by atoms with Crippen LogP contribution in [0.4, 0.5) is 5.69 Å². The van der Waals surface area contributed by atoms with Crippen LogP contribution in [0.1, 0.15) is 24.2 Å². The minimum atomic E-state index is -0.666. The first-order valence-corrected chi connectivity index (χ1v) is 9.59. The van der Waals surface area contributed by atoms with Gasteiger partial charge >= 0.3 is 0 Å². The standard InChI is InChI=1S/C21H22N2O3S/c1-13(2)19(23-20(24)16-6-4-5-7-17(16)26-3)21(25)22-15-8-9-18-14(12-15)10-11-27-18/h4-13,19H,1-3H3,(H,22,25)(H,23,24). The predicted molar refractivity (Wildman–Crippen MR) is 110 cm³/mol. The summed E-state index contributed by atoms with van der Waals surface area (Å²) < 4.78 is 6.40. The van der Waals surface area contributed by atoms with E-state index in [4.69, 9.17) is 4.74 Å². The van der Waals surface area contributed by atoms with Gasteiger partial charge in [-0.05, 0) is 53.1 Å². The number of anilines is 1. The number of carbonyl (C=O) groups excluding carboxylic acids is 2. The number of para-hydroxylation sites is 1. The molecule has 3 aromatic rings. The van der Waals surface area contributed by atoms with Gasteiger partial charge in [-0.3, -0.25) is 9.59 Å². The molecule has 0 fully saturated rings. The van der Waals surface area contributed by atoms with Crippen molar-refractivity contribution in [1.82, 2.24) is 5.32 Å². The third-order valence-electron chi connectivity index (χ3n) is 4.31. The van der Waals surface area contributed by atoms with Crippen LogP contribution in [-0.4, -0.2) is 25.0 Å². The van der Waals surface area contributed by atoms with Gasteiger partial charge in [-0.15, -0.1) is 11.3 Å². The summed E-state index contributed by atoms with van der Waals surface area (Å²) in [7, 11) is 1.51. The zero-order valence-corrected chi connectivity index (χ0v) is 16.3. The second-order valence-corrected chi connectivity index (χ2v) is 7.51. The van der Waals surface area contributed by atoms with Gasteiger partial charge < -0.3 is 15.4 Å². The monoisotopic (exact) mass is 382 g/mol. The normalized spacial score (nSPS) is 12.0. The molecule has 0 radical (unpaired) electrons. The second kappa shape index (κ2) is 8.22. The molecule has 3 rings (SSSR count). The average molecular weight is 382 g/mol. The molecule has 1 aromatic heterocycles. The summed E-state index contributed by atoms with van der Waals surface area (Å²) in [4.78, 5) is 25.5. The highest BCUT2D eigenvalue weighted by Gasteiger charge is 2.26. The Morgan fingerprint density at radius 1 is 1.07 bits per heavy atom. The molecule has 140 valence electrons. The fraction of sp³-hybridized carbons (Fsp3) is 0.238. The van der Waals surface area contributed by atoms with E-state index in [0.29, 0.717) is 17.0 Å². The van der Waals surface area contributed by atoms with Gasteiger partial charge in [-0.2, -0.15) is 0 Å². The molecule has 6 heteroatoms. The average Bonchev–Trinajstić information content (AvgIpc) is 3.13. The minimum absolute atomic E-state index is 0.0754. The van der Waals surface area contributed by atoms with E-state index in [-0.39, 0.29) is 17.7 Å². The van der Waals surface area contributed by atoms with Crippen LogP contribution >= 0.6 is 11.3 Å². The summed E-state index contributed by atoms with van der Waals surface area (Å²) in [5, 5.41) is 8.84. The molecule has 5 nitrogen and oxygen atoms in total. The minimum Gasteiger partial charge on any atom is -0.496 e. The maximum Gasteiger partial charge on any atom is 0.255 e. The smallest absolute Gasteiger partial charge is 0.255 e. The Morgan fingerprint density at radius 2 is 1.85 bits per heavy atom. The topological polar surface area (TPSA) is 67.4 Å². The fourth-order valence-corrected chi connectivity index (χ4v) is 3.62. The molecule has 0 spiro atoms. The summed E-state index contributed by atoms with van der Waals surface area (Å²) in [5.41, 5.74) is 1.11. The van der Waals surface area contributed by atoms with E-state index in [1.54, 1.807) is 35.6 Å². The molecular weight excluding hydrogens is 360 g/mol. The largest absolute Gasteiger partial charge is 0.496 e. The van der Waals surface area contributed by atoms with Gasteiger partial charge in [0.1, 0.15) is 11.8 Å². The Labute approximate surface area is 162 Å². The van der Waals surface area contributed by atoms with Crippen molar-refractivity contribution in [2.75, 3.05) is 12.4 Å². The van der Waals surface area contributed by atoms with Crippen molar-refractivity contribution in [3.05, 3.63) is 59.5 Å². The van der Waals surface area contributed by atoms with Crippen LogP contribution in [0.15, 0.2) is 53.9 Å². The Balaban J connectivity index is 1.76. The molecule has 0 aliphatic rings. The van der Waals surface area contributed by atoms with Crippen molar-refractivity contribution >= 4 is 38.9 Å². The zero-order chi connectivity index (χ0) is 19.4. The lowest BCUT2D eigenvalue weighted by molar-refractivity contribution is -0.118. The van der Waals surface area contributed by atoms with Crippen LogP contribution in [0.25, 0.3) is 10.1 Å². The van der Waals surface area contributed by atoms with Gasteiger partial charge in [0.15, 0.2) is 0 Å². The molecule has 0 saturated carbocycles. The van der Waals surface area contributed by atoms with Gasteiger partial charge in [0.25, 0.3) is 5.91 Å². The molecule has 0 saturated heterocycles. The van der Waals surface area contributed by atoms with Gasteiger partial charge in [-0.1, -0.05) is 26.0 Å². The third-order valence-corrected chi connectivity index (χ3v) is 5.21. The molecule has 27 heavy (non-hydrogen) atoms. The van der Waals surface area contributed by atoms with Gasteiger partial charge in [-0.25, -0.2) is 0 Å². The quantitative estimate of drug-likeness (QED) is 0.668. The van der Waals surface area contributed by atoms with Gasteiger partial charge in [0.2, 0.25) is 5.91 Å². The fourth-order valence-electron chi connectivity index (χ4n) is 2.85. The number of nitrogens with one attached hydrogen (secondary N) is 2. The Kier molecular flexibility index (Phi) is 5.76. The Morgan fingerprint density at radius 3 is 2.59 bits per heavy atom. The molecule has 1 unspecified atom stereocenters. The van der Waals surface area contributed by atoms with Crippen LogP contribution in [0.3, 0.4) is 0 Å². The van der Waals surface area contributed by atoms with Gasteiger partial charge in [0.05, 0.1) is 12.7 Å². The lowest BCUT2D eigenvalue weighted by Gasteiger charge is -2.22. The van der Waals surface area contributed by atoms with E-state index < -0.39 is 6.04 Å². The lowest BCUT2D eigenvalue weighted by atomic mass is 10.0. The summed E-state index contributed by atoms with van der Waals surface area (Å²) in [6.07, 6.45) is 0. The Hall–Kier alpha value is -2.86. The number of carbonyl (C=O) groups is 2. The van der Waals surface area contributed by atoms with E-state index >= 15 is 0 Å². The highest BCUT2D eigenvalue weighted by Crippen LogP contribution is 2.24. The SMILES string of the molecule is COc1ccccc1C(=O)NC(C(=O)Nc1ccc2sccc2c1)C(C)C. The van der Waals surface area contributed by atoms with E-state index in [9.17, 15) is 9.59 Å². The molecule has 1 atom stereocenters. The molecule has 1 heterocycles. The number of amides is 2. The number of hydrogen-bond acceptors (Lipinski definition) is 4. The van der Waals surface area contributed by atoms with E-state index in [1.165, 1.54) is 7.11 Å². The van der Waals surface area contributed by atoms with Crippen molar-refractivity contribution in [2.45, 2.75) is 19.9 Å². The van der Waals surface area contributed by atoms with Crippen molar-refractivity contribution in [3.8, 4) is 5.75 Å². The Bertz CT molecular complexity index is 965. The second-order valence-electron chi connectivity index (χ2n) is 6.56. The number of hydrogen-bond donors (Lipinski definition) is 2. The third kappa shape index (κ3) is 4.28. The van der Waals surface area contributed by atoms with Crippen molar-refractivity contribution in [1.29, 1.82) is 0 Å². The van der Waals surface area contributed by atoms with Gasteiger partial charge in [0, 0.05) is 10.4 Å². The van der Waals surface area contributed by atoms with Crippen LogP contribution < -0.4 is 15.4 Å². The number of ether oxygens (including phenoxy) is 1. The highest BCUT2D eigenvalue weighted by atomic mass is 32.1. The number of benzene rings is 2. The molecule has 0 aliphatic heterocycles. The van der Waals surface area contributed by atoms with Crippen LogP contribution in [0.2, 0.25) is 0 Å². The zero-order valence-electron chi connectivity index (χ0n) is 15.5. The molecule has 2 N–H and O–H groups in total. The summed E-state index contributed by atoms with van der Waals surface area (Å²) in [6, 6.07) is 14.1. The highest BCUT2D eigenvalue weighted by molar-refractivity contribution is 7.17. The van der Waals surface area contributed by atoms with Crippen LogP contribution in [0.5, 0.6) is 5.75 Å². The van der Waals surface area contributed by atoms with E-state index in [0.717, 1.165) is 10.1 Å². The van der Waals surface area contributed by atoms with Crippen LogP contribution in [0, 0.1) is 5.92 Å². The molecule has 2 amide bonds. The van der Waals surface area contributed by atoms with E-state index in [1.807, 2.05) is 43.5 Å². The maximum atomic E-state index is 12.8. The molecule has 0 aliphatic carbocycles. The summed E-state index contributed by atoms with van der Waals surface area (Å²) >= 11 is 1.65. The summed E-state index contributed by atoms with van der Waals surface area (Å²) in [6.45, 7) is 3.80. The number of fused-ring (bicyclic) bond motifs is 1. The predicted octanol–water partition coefficient (Wildman–Crippen LogP) is 4.30. The number of methoxy groups -OCH3 is 1. The van der Waals surface area contributed by atoms with Crippen molar-refractivity contribution < 1.29 is 14.3 Å². The first kappa shape index (κ1) is 18.9.